The van der Waals surface area contributed by atoms with Gasteiger partial charge in [0.1, 0.15) is 6.54 Å². The van der Waals surface area contributed by atoms with E-state index in [-0.39, 0.29) is 24.0 Å². The number of hydrogen-bond acceptors (Lipinski definition) is 4. The van der Waals surface area contributed by atoms with E-state index >= 15 is 0 Å². The van der Waals surface area contributed by atoms with Gasteiger partial charge in [-0.3, -0.25) is 19.7 Å². The molecule has 0 bridgehead atoms. The number of aromatic nitrogens is 1. The summed E-state index contributed by atoms with van der Waals surface area (Å²) in [5, 5.41) is 14.5. The molecular weight excluding hydrogens is 384 g/mol. The average Bonchev–Trinajstić information content (AvgIpc) is 3.39. The van der Waals surface area contributed by atoms with Gasteiger partial charge in [0.05, 0.1) is 4.92 Å². The van der Waals surface area contributed by atoms with Crippen molar-refractivity contribution in [2.24, 2.45) is 0 Å². The van der Waals surface area contributed by atoms with Gasteiger partial charge in [-0.1, -0.05) is 6.07 Å². The normalized spacial score (nSPS) is 13.6. The molecule has 154 valence electrons. The lowest BCUT2D eigenvalue weighted by atomic mass is 10.1. The number of fused-ring (bicyclic) bond motifs is 1. The summed E-state index contributed by atoms with van der Waals surface area (Å²) in [6.45, 7) is 3.44. The second kappa shape index (κ2) is 7.98. The second-order valence-corrected chi connectivity index (χ2v) is 7.47. The van der Waals surface area contributed by atoms with Gasteiger partial charge in [0.15, 0.2) is 0 Å². The van der Waals surface area contributed by atoms with Gasteiger partial charge in [-0.25, -0.2) is 0 Å². The Hall–Kier alpha value is -3.68. The van der Waals surface area contributed by atoms with Crippen molar-refractivity contribution in [2.75, 3.05) is 18.4 Å². The van der Waals surface area contributed by atoms with E-state index in [1.54, 1.807) is 41.1 Å². The lowest BCUT2D eigenvalue weighted by molar-refractivity contribution is -0.384. The standard InChI is InChI=1S/C22H22N4O4/c1-15-18(22(28)24-10-2-3-11-24)5-4-6-19(15)23-21(27)14-25-12-9-16-13-17(26(29)30)7-8-20(16)25/h4-9,12-13H,2-3,10-11,14H2,1H3,(H,23,27). The minimum atomic E-state index is -0.442. The van der Waals surface area contributed by atoms with Crippen molar-refractivity contribution in [3.63, 3.8) is 0 Å². The predicted octanol–water partition coefficient (Wildman–Crippen LogP) is 3.73. The average molecular weight is 406 g/mol. The Morgan fingerprint density at radius 2 is 1.90 bits per heavy atom. The quantitative estimate of drug-likeness (QED) is 0.516. The topological polar surface area (TPSA) is 97.5 Å². The van der Waals surface area contributed by atoms with Gasteiger partial charge in [0, 0.05) is 53.6 Å². The molecule has 0 atom stereocenters. The Labute approximate surface area is 173 Å². The molecule has 4 rings (SSSR count). The van der Waals surface area contributed by atoms with E-state index in [0.717, 1.165) is 37.0 Å². The lowest BCUT2D eigenvalue weighted by Gasteiger charge is -2.18. The van der Waals surface area contributed by atoms with E-state index in [4.69, 9.17) is 0 Å². The highest BCUT2D eigenvalue weighted by atomic mass is 16.6. The summed E-state index contributed by atoms with van der Waals surface area (Å²) in [6, 6.07) is 11.6. The minimum Gasteiger partial charge on any atom is -0.339 e. The molecule has 0 radical (unpaired) electrons. The number of nitro benzene ring substituents is 1. The van der Waals surface area contributed by atoms with Crippen LogP contribution >= 0.6 is 0 Å². The van der Waals surface area contributed by atoms with Crippen LogP contribution in [0.25, 0.3) is 10.9 Å². The van der Waals surface area contributed by atoms with Crippen LogP contribution in [0.4, 0.5) is 11.4 Å². The highest BCUT2D eigenvalue weighted by Gasteiger charge is 2.22. The molecule has 3 aromatic rings. The summed E-state index contributed by atoms with van der Waals surface area (Å²) in [7, 11) is 0. The van der Waals surface area contributed by atoms with Crippen molar-refractivity contribution in [1.82, 2.24) is 9.47 Å². The molecule has 0 spiro atoms. The predicted molar refractivity (Wildman–Crippen MR) is 114 cm³/mol. The SMILES string of the molecule is Cc1c(NC(=O)Cn2ccc3cc([N+](=O)[O-])ccc32)cccc1C(=O)N1CCCC1. The van der Waals surface area contributed by atoms with Crippen molar-refractivity contribution in [1.29, 1.82) is 0 Å². The summed E-state index contributed by atoms with van der Waals surface area (Å²) in [4.78, 5) is 37.7. The number of carbonyl (C=O) groups is 2. The summed E-state index contributed by atoms with van der Waals surface area (Å²) < 4.78 is 1.74. The molecule has 1 N–H and O–H groups in total. The lowest BCUT2D eigenvalue weighted by Crippen LogP contribution is -2.28. The molecule has 1 saturated heterocycles. The Bertz CT molecular complexity index is 1150. The van der Waals surface area contributed by atoms with Crippen LogP contribution in [0.5, 0.6) is 0 Å². The zero-order valence-electron chi connectivity index (χ0n) is 16.6. The molecule has 2 heterocycles. The van der Waals surface area contributed by atoms with Crippen LogP contribution in [-0.2, 0) is 11.3 Å². The number of amides is 2. The van der Waals surface area contributed by atoms with Gasteiger partial charge in [-0.05, 0) is 49.6 Å². The van der Waals surface area contributed by atoms with E-state index < -0.39 is 4.92 Å². The van der Waals surface area contributed by atoms with Crippen molar-refractivity contribution < 1.29 is 14.5 Å². The van der Waals surface area contributed by atoms with Gasteiger partial charge in [0.2, 0.25) is 5.91 Å². The van der Waals surface area contributed by atoms with Crippen molar-refractivity contribution in [3.8, 4) is 0 Å². The third kappa shape index (κ3) is 3.76. The Morgan fingerprint density at radius 3 is 2.63 bits per heavy atom. The van der Waals surface area contributed by atoms with Crippen LogP contribution < -0.4 is 5.32 Å². The first-order chi connectivity index (χ1) is 14.4. The Morgan fingerprint density at radius 1 is 1.13 bits per heavy atom. The van der Waals surface area contributed by atoms with E-state index in [1.807, 2.05) is 11.8 Å². The molecule has 1 aliphatic rings. The number of anilines is 1. The van der Waals surface area contributed by atoms with Crippen LogP contribution in [0.2, 0.25) is 0 Å². The molecule has 2 amide bonds. The van der Waals surface area contributed by atoms with Gasteiger partial charge in [0.25, 0.3) is 11.6 Å². The molecule has 30 heavy (non-hydrogen) atoms. The van der Waals surface area contributed by atoms with Gasteiger partial charge >= 0.3 is 0 Å². The molecule has 1 aliphatic heterocycles. The Kier molecular flexibility index (Phi) is 5.22. The largest absolute Gasteiger partial charge is 0.339 e. The van der Waals surface area contributed by atoms with E-state index in [9.17, 15) is 19.7 Å². The Balaban J connectivity index is 1.50. The van der Waals surface area contributed by atoms with Crippen molar-refractivity contribution in [2.45, 2.75) is 26.3 Å². The first-order valence-electron chi connectivity index (χ1n) is 9.86. The van der Waals surface area contributed by atoms with Crippen molar-refractivity contribution in [3.05, 3.63) is 69.9 Å². The number of nitro groups is 1. The molecule has 8 nitrogen and oxygen atoms in total. The second-order valence-electron chi connectivity index (χ2n) is 7.47. The van der Waals surface area contributed by atoms with Gasteiger partial charge in [-0.15, -0.1) is 0 Å². The number of nitrogens with zero attached hydrogens (tertiary/aromatic N) is 3. The number of nitrogens with one attached hydrogen (secondary N) is 1. The first-order valence-corrected chi connectivity index (χ1v) is 9.86. The zero-order valence-corrected chi connectivity index (χ0v) is 16.6. The summed E-state index contributed by atoms with van der Waals surface area (Å²) in [5.41, 5.74) is 2.71. The molecule has 0 unspecified atom stereocenters. The summed E-state index contributed by atoms with van der Waals surface area (Å²) in [5.74, 6) is -0.237. The summed E-state index contributed by atoms with van der Waals surface area (Å²) in [6.07, 6.45) is 3.78. The molecule has 0 saturated carbocycles. The van der Waals surface area contributed by atoms with Crippen LogP contribution in [-0.4, -0.2) is 39.3 Å². The fourth-order valence-electron chi connectivity index (χ4n) is 3.88. The maximum Gasteiger partial charge on any atom is 0.270 e. The smallest absolute Gasteiger partial charge is 0.270 e. The molecular formula is C22H22N4O4. The molecule has 8 heteroatoms. The highest BCUT2D eigenvalue weighted by Crippen LogP contribution is 2.24. The van der Waals surface area contributed by atoms with Gasteiger partial charge in [-0.2, -0.15) is 0 Å². The monoisotopic (exact) mass is 406 g/mol. The fourth-order valence-corrected chi connectivity index (χ4v) is 3.88. The number of rotatable bonds is 5. The highest BCUT2D eigenvalue weighted by molar-refractivity contribution is 5.99. The van der Waals surface area contributed by atoms with E-state index in [1.165, 1.54) is 12.1 Å². The van der Waals surface area contributed by atoms with Crippen LogP contribution in [0.15, 0.2) is 48.7 Å². The minimum absolute atomic E-state index is 0.000836. The number of likely N-dealkylation sites (tertiary alicyclic amines) is 1. The van der Waals surface area contributed by atoms with Crippen LogP contribution in [0.3, 0.4) is 0 Å². The van der Waals surface area contributed by atoms with E-state index in [2.05, 4.69) is 5.32 Å². The van der Waals surface area contributed by atoms with Crippen molar-refractivity contribution >= 4 is 34.1 Å². The third-order valence-corrected chi connectivity index (χ3v) is 5.51. The third-order valence-electron chi connectivity index (χ3n) is 5.51. The number of carbonyl (C=O) groups excluding carboxylic acids is 2. The molecule has 1 fully saturated rings. The van der Waals surface area contributed by atoms with Crippen LogP contribution in [0.1, 0.15) is 28.8 Å². The van der Waals surface area contributed by atoms with E-state index in [0.29, 0.717) is 16.6 Å². The van der Waals surface area contributed by atoms with Crippen LogP contribution in [0, 0.1) is 17.0 Å². The number of benzene rings is 2. The molecule has 2 aromatic carbocycles. The first kappa shape index (κ1) is 19.6. The molecule has 1 aromatic heterocycles. The maximum absolute atomic E-state index is 12.7. The zero-order chi connectivity index (χ0) is 21.3. The van der Waals surface area contributed by atoms with Gasteiger partial charge < -0.3 is 14.8 Å². The number of non-ortho nitro benzene ring substituents is 1. The summed E-state index contributed by atoms with van der Waals surface area (Å²) >= 11 is 0. The molecule has 0 aliphatic carbocycles. The number of hydrogen-bond donors (Lipinski definition) is 1. The fraction of sp³-hybridized carbons (Fsp3) is 0.273. The maximum atomic E-state index is 12.7.